The number of amidine groups is 1. The Hall–Kier alpha value is -1.92. The van der Waals surface area contributed by atoms with Crippen LogP contribution in [0, 0.1) is 6.92 Å². The van der Waals surface area contributed by atoms with Gasteiger partial charge in [0.1, 0.15) is 0 Å². The number of rotatable bonds is 4. The topological polar surface area (TPSA) is 53.8 Å². The number of benzene rings is 1. The lowest BCUT2D eigenvalue weighted by molar-refractivity contribution is -0.118. The van der Waals surface area contributed by atoms with Crippen molar-refractivity contribution in [2.45, 2.75) is 18.6 Å². The van der Waals surface area contributed by atoms with Gasteiger partial charge < -0.3 is 5.32 Å². The van der Waals surface area contributed by atoms with E-state index in [4.69, 9.17) is 0 Å². The molecular formula is C16H15N3OS2. The molecule has 2 heterocycles. The van der Waals surface area contributed by atoms with Crippen molar-refractivity contribution in [3.63, 3.8) is 0 Å². The van der Waals surface area contributed by atoms with Gasteiger partial charge in [0.05, 0.1) is 11.5 Å². The van der Waals surface area contributed by atoms with E-state index >= 15 is 0 Å². The summed E-state index contributed by atoms with van der Waals surface area (Å²) >= 11 is 3.04. The average Bonchev–Trinajstić information content (AvgIpc) is 3.12. The number of thioether (sulfide) groups is 1. The van der Waals surface area contributed by atoms with Gasteiger partial charge in [0.25, 0.3) is 0 Å². The molecule has 0 unspecified atom stereocenters. The summed E-state index contributed by atoms with van der Waals surface area (Å²) in [5.74, 6) is -0.00155. The summed E-state index contributed by atoms with van der Waals surface area (Å²) in [5, 5.41) is 13.3. The number of hydrogen-bond acceptors (Lipinski definition) is 5. The third-order valence-electron chi connectivity index (χ3n) is 3.32. The zero-order valence-corrected chi connectivity index (χ0v) is 13.7. The van der Waals surface area contributed by atoms with Gasteiger partial charge in [-0.1, -0.05) is 42.1 Å². The highest BCUT2D eigenvalue weighted by Gasteiger charge is 2.30. The Morgan fingerprint density at radius 2 is 2.14 bits per heavy atom. The predicted octanol–water partition coefficient (Wildman–Crippen LogP) is 3.22. The smallest absolute Gasteiger partial charge is 0.239 e. The van der Waals surface area contributed by atoms with Crippen molar-refractivity contribution in [1.82, 2.24) is 5.32 Å². The van der Waals surface area contributed by atoms with Crippen LogP contribution in [0.5, 0.6) is 0 Å². The van der Waals surface area contributed by atoms with Crippen LogP contribution in [0.3, 0.4) is 0 Å². The molecule has 1 atom stereocenters. The Bertz CT molecular complexity index is 723. The number of amides is 1. The number of hydrogen-bond donors (Lipinski definition) is 1. The first-order valence-corrected chi connectivity index (χ1v) is 8.65. The van der Waals surface area contributed by atoms with Crippen LogP contribution < -0.4 is 5.32 Å². The monoisotopic (exact) mass is 329 g/mol. The van der Waals surface area contributed by atoms with Crippen molar-refractivity contribution in [2.24, 2.45) is 10.2 Å². The summed E-state index contributed by atoms with van der Waals surface area (Å²) in [5.41, 5.74) is 2.40. The Labute approximate surface area is 137 Å². The molecule has 1 fully saturated rings. The normalized spacial score (nSPS) is 20.0. The number of nitrogens with one attached hydrogen (secondary N) is 1. The molecule has 1 aliphatic rings. The van der Waals surface area contributed by atoms with Gasteiger partial charge in [-0.25, -0.2) is 0 Å². The third-order valence-corrected chi connectivity index (χ3v) is 5.20. The van der Waals surface area contributed by atoms with E-state index in [-0.39, 0.29) is 11.2 Å². The molecule has 0 spiro atoms. The molecule has 1 aromatic carbocycles. The Balaban J connectivity index is 1.64. The molecule has 1 saturated heterocycles. The van der Waals surface area contributed by atoms with Gasteiger partial charge >= 0.3 is 0 Å². The summed E-state index contributed by atoms with van der Waals surface area (Å²) in [4.78, 5) is 13.1. The number of nitrogens with zero attached hydrogens (tertiary/aromatic N) is 2. The molecular weight excluding hydrogens is 314 g/mol. The third kappa shape index (κ3) is 3.64. The van der Waals surface area contributed by atoms with E-state index < -0.39 is 0 Å². The average molecular weight is 329 g/mol. The highest BCUT2D eigenvalue weighted by atomic mass is 32.2. The molecule has 2 aromatic rings. The van der Waals surface area contributed by atoms with Crippen LogP contribution in [0.25, 0.3) is 0 Å². The molecule has 1 amide bonds. The van der Waals surface area contributed by atoms with Crippen LogP contribution in [0.4, 0.5) is 0 Å². The van der Waals surface area contributed by atoms with Crippen LogP contribution in [-0.4, -0.2) is 22.5 Å². The second-order valence-electron chi connectivity index (χ2n) is 4.89. The molecule has 0 saturated carbocycles. The molecule has 4 nitrogen and oxygen atoms in total. The largest absolute Gasteiger partial charge is 0.303 e. The zero-order chi connectivity index (χ0) is 15.4. The minimum atomic E-state index is -0.142. The van der Waals surface area contributed by atoms with Crippen molar-refractivity contribution in [3.05, 3.63) is 57.8 Å². The maximum absolute atomic E-state index is 12.0. The Morgan fingerprint density at radius 1 is 1.27 bits per heavy atom. The van der Waals surface area contributed by atoms with Crippen molar-refractivity contribution in [2.75, 3.05) is 0 Å². The molecule has 0 bridgehead atoms. The van der Waals surface area contributed by atoms with Crippen LogP contribution >= 0.6 is 23.1 Å². The van der Waals surface area contributed by atoms with Crippen molar-refractivity contribution < 1.29 is 4.79 Å². The highest BCUT2D eigenvalue weighted by molar-refractivity contribution is 8.15. The Kier molecular flexibility index (Phi) is 4.70. The maximum Gasteiger partial charge on any atom is 0.239 e. The molecule has 0 aliphatic carbocycles. The van der Waals surface area contributed by atoms with Gasteiger partial charge in [-0.15, -0.1) is 16.4 Å². The molecule has 1 aromatic heterocycles. The first kappa shape index (κ1) is 15.0. The van der Waals surface area contributed by atoms with Crippen molar-refractivity contribution in [1.29, 1.82) is 0 Å². The minimum absolute atomic E-state index is 0.00155. The summed E-state index contributed by atoms with van der Waals surface area (Å²) < 4.78 is 0. The molecule has 3 rings (SSSR count). The van der Waals surface area contributed by atoms with Crippen LogP contribution in [-0.2, 0) is 11.2 Å². The summed E-state index contributed by atoms with van der Waals surface area (Å²) in [6, 6.07) is 12.1. The number of carbonyl (C=O) groups excluding carboxylic acids is 1. The van der Waals surface area contributed by atoms with E-state index in [1.165, 1.54) is 22.9 Å². The molecule has 6 heteroatoms. The fraction of sp³-hybridized carbons (Fsp3) is 0.188. The fourth-order valence-electron chi connectivity index (χ4n) is 2.13. The molecule has 1 N–H and O–H groups in total. The summed E-state index contributed by atoms with van der Waals surface area (Å²) in [6.07, 6.45) is 2.40. The van der Waals surface area contributed by atoms with Gasteiger partial charge in [-0.05, 0) is 35.9 Å². The van der Waals surface area contributed by atoms with Crippen LogP contribution in [0.1, 0.15) is 16.0 Å². The SMILES string of the molecule is Cc1ccccc1C[C@H]1S/C(=N/N=Cc2cccs2)NC1=O. The summed E-state index contributed by atoms with van der Waals surface area (Å²) in [6.45, 7) is 2.06. The lowest BCUT2D eigenvalue weighted by Crippen LogP contribution is -2.26. The van der Waals surface area contributed by atoms with Gasteiger partial charge in [0.2, 0.25) is 5.91 Å². The van der Waals surface area contributed by atoms with Crippen molar-refractivity contribution >= 4 is 40.4 Å². The number of carbonyl (C=O) groups is 1. The molecule has 112 valence electrons. The number of thiophene rings is 1. The molecule has 0 radical (unpaired) electrons. The lowest BCUT2D eigenvalue weighted by atomic mass is 10.0. The first-order chi connectivity index (χ1) is 10.7. The van der Waals surface area contributed by atoms with E-state index in [1.807, 2.05) is 29.6 Å². The maximum atomic E-state index is 12.0. The predicted molar refractivity (Wildman–Crippen MR) is 93.8 cm³/mol. The standard InChI is InChI=1S/C16H15N3OS2/c1-11-5-2-3-6-12(11)9-14-15(20)18-16(22-14)19-17-10-13-7-4-8-21-13/h2-8,10,14H,9H2,1H3,(H,18,19,20)/t14-/m1/s1. The van der Waals surface area contributed by atoms with E-state index in [2.05, 4.69) is 34.6 Å². The summed E-state index contributed by atoms with van der Waals surface area (Å²) in [7, 11) is 0. The lowest BCUT2D eigenvalue weighted by Gasteiger charge is -2.07. The van der Waals surface area contributed by atoms with E-state index in [9.17, 15) is 4.79 Å². The van der Waals surface area contributed by atoms with Crippen LogP contribution in [0.2, 0.25) is 0 Å². The van der Waals surface area contributed by atoms with Gasteiger partial charge in [0, 0.05) is 4.88 Å². The highest BCUT2D eigenvalue weighted by Crippen LogP contribution is 2.24. The van der Waals surface area contributed by atoms with Gasteiger partial charge in [0.15, 0.2) is 5.17 Å². The zero-order valence-electron chi connectivity index (χ0n) is 12.0. The number of aryl methyl sites for hydroxylation is 1. The molecule has 1 aliphatic heterocycles. The van der Waals surface area contributed by atoms with Gasteiger partial charge in [-0.3, -0.25) is 4.79 Å². The van der Waals surface area contributed by atoms with Crippen LogP contribution in [0.15, 0.2) is 52.0 Å². The quantitative estimate of drug-likeness (QED) is 0.692. The Morgan fingerprint density at radius 3 is 2.91 bits per heavy atom. The van der Waals surface area contributed by atoms with Gasteiger partial charge in [-0.2, -0.15) is 5.10 Å². The van der Waals surface area contributed by atoms with E-state index in [0.717, 1.165) is 4.88 Å². The molecule has 22 heavy (non-hydrogen) atoms. The van der Waals surface area contributed by atoms with E-state index in [0.29, 0.717) is 11.6 Å². The second-order valence-corrected chi connectivity index (χ2v) is 7.06. The fourth-order valence-corrected chi connectivity index (χ4v) is 3.66. The first-order valence-electron chi connectivity index (χ1n) is 6.89. The van der Waals surface area contributed by atoms with Crippen molar-refractivity contribution in [3.8, 4) is 0 Å². The second kappa shape index (κ2) is 6.89. The van der Waals surface area contributed by atoms with E-state index in [1.54, 1.807) is 17.6 Å². The minimum Gasteiger partial charge on any atom is -0.303 e.